The largest absolute Gasteiger partial charge is 0.472 e. The predicted octanol–water partition coefficient (Wildman–Crippen LogP) is 0.911. The molecule has 0 aliphatic heterocycles. The number of hydrogen-bond acceptors (Lipinski definition) is 5. The number of nitrogens with zero attached hydrogens (tertiary/aromatic N) is 2. The minimum absolute atomic E-state index is 0.158. The Morgan fingerprint density at radius 1 is 1.29 bits per heavy atom. The molecular formula is C11H12N4O2. The zero-order valence-corrected chi connectivity index (χ0v) is 9.09. The summed E-state index contributed by atoms with van der Waals surface area (Å²) >= 11 is 0. The van der Waals surface area contributed by atoms with E-state index >= 15 is 0 Å². The van der Waals surface area contributed by atoms with Crippen LogP contribution >= 0.6 is 0 Å². The van der Waals surface area contributed by atoms with Crippen LogP contribution < -0.4 is 10.6 Å². The number of anilines is 1. The van der Waals surface area contributed by atoms with E-state index < -0.39 is 0 Å². The Morgan fingerprint density at radius 2 is 2.12 bits per heavy atom. The Hall–Kier alpha value is -2.37. The third kappa shape index (κ3) is 3.30. The molecule has 2 rings (SSSR count). The lowest BCUT2D eigenvalue weighted by Crippen LogP contribution is -2.28. The third-order valence-corrected chi connectivity index (χ3v) is 2.04. The first-order chi connectivity index (χ1) is 8.36. The van der Waals surface area contributed by atoms with Gasteiger partial charge in [0.05, 0.1) is 11.8 Å². The fourth-order valence-electron chi connectivity index (χ4n) is 1.24. The number of amides is 1. The van der Waals surface area contributed by atoms with Gasteiger partial charge >= 0.3 is 0 Å². The highest BCUT2D eigenvalue weighted by molar-refractivity contribution is 5.93. The van der Waals surface area contributed by atoms with E-state index in [0.717, 1.165) is 0 Å². The lowest BCUT2D eigenvalue weighted by Gasteiger charge is -2.05. The van der Waals surface area contributed by atoms with Crippen molar-refractivity contribution < 1.29 is 9.21 Å². The molecule has 6 heteroatoms. The van der Waals surface area contributed by atoms with Gasteiger partial charge in [-0.2, -0.15) is 0 Å². The van der Waals surface area contributed by atoms with Gasteiger partial charge in [0.2, 0.25) is 5.95 Å². The number of hydrogen-bond donors (Lipinski definition) is 2. The quantitative estimate of drug-likeness (QED) is 0.749. The van der Waals surface area contributed by atoms with Crippen molar-refractivity contribution in [3.8, 4) is 0 Å². The molecule has 6 nitrogen and oxygen atoms in total. The van der Waals surface area contributed by atoms with Gasteiger partial charge in [-0.15, -0.1) is 0 Å². The maximum Gasteiger partial charge on any atom is 0.254 e. The Labute approximate surface area is 98.1 Å². The summed E-state index contributed by atoms with van der Waals surface area (Å²) in [4.78, 5) is 19.5. The standard InChI is InChI=1S/C11H12N4O2/c16-10(9-2-7-17-8-9)12-5-6-15-11-13-3-1-4-14-11/h1-4,7-8H,5-6H2,(H,12,16)(H,13,14,15). The smallest absolute Gasteiger partial charge is 0.254 e. The minimum Gasteiger partial charge on any atom is -0.472 e. The average Bonchev–Trinajstić information content (AvgIpc) is 2.89. The highest BCUT2D eigenvalue weighted by Crippen LogP contribution is 1.98. The van der Waals surface area contributed by atoms with E-state index in [-0.39, 0.29) is 5.91 Å². The third-order valence-electron chi connectivity index (χ3n) is 2.04. The Morgan fingerprint density at radius 3 is 2.82 bits per heavy atom. The van der Waals surface area contributed by atoms with Crippen molar-refractivity contribution in [2.75, 3.05) is 18.4 Å². The van der Waals surface area contributed by atoms with Crippen LogP contribution in [-0.4, -0.2) is 29.0 Å². The lowest BCUT2D eigenvalue weighted by molar-refractivity contribution is 0.0954. The zero-order chi connectivity index (χ0) is 11.9. The number of rotatable bonds is 5. The van der Waals surface area contributed by atoms with Gasteiger partial charge in [-0.3, -0.25) is 4.79 Å². The van der Waals surface area contributed by atoms with Crippen LogP contribution in [-0.2, 0) is 0 Å². The maximum absolute atomic E-state index is 11.5. The van der Waals surface area contributed by atoms with E-state index in [9.17, 15) is 4.79 Å². The van der Waals surface area contributed by atoms with Crippen LogP contribution in [0.3, 0.4) is 0 Å². The molecule has 0 fully saturated rings. The van der Waals surface area contributed by atoms with Gasteiger partial charge in [0.15, 0.2) is 0 Å². The van der Waals surface area contributed by atoms with Crippen molar-refractivity contribution in [3.63, 3.8) is 0 Å². The van der Waals surface area contributed by atoms with Gasteiger partial charge in [0, 0.05) is 25.5 Å². The van der Waals surface area contributed by atoms with Crippen LogP contribution in [0, 0.1) is 0 Å². The molecule has 0 aliphatic carbocycles. The van der Waals surface area contributed by atoms with Crippen LogP contribution in [0.25, 0.3) is 0 Å². The molecule has 0 aromatic carbocycles. The molecule has 0 saturated carbocycles. The molecule has 0 unspecified atom stereocenters. The van der Waals surface area contributed by atoms with Crippen LogP contribution in [0.15, 0.2) is 41.5 Å². The fraction of sp³-hybridized carbons (Fsp3) is 0.182. The van der Waals surface area contributed by atoms with Crippen LogP contribution in [0.2, 0.25) is 0 Å². The zero-order valence-electron chi connectivity index (χ0n) is 9.09. The van der Waals surface area contributed by atoms with Gasteiger partial charge in [0.1, 0.15) is 6.26 Å². The number of carbonyl (C=O) groups excluding carboxylic acids is 1. The Kier molecular flexibility index (Phi) is 3.69. The summed E-state index contributed by atoms with van der Waals surface area (Å²) in [5, 5.41) is 5.72. The summed E-state index contributed by atoms with van der Waals surface area (Å²) in [6.07, 6.45) is 6.17. The SMILES string of the molecule is O=C(NCCNc1ncccn1)c1ccoc1. The molecule has 88 valence electrons. The second-order valence-electron chi connectivity index (χ2n) is 3.27. The normalized spacial score (nSPS) is 9.88. The molecule has 17 heavy (non-hydrogen) atoms. The van der Waals surface area contributed by atoms with Crippen molar-refractivity contribution in [3.05, 3.63) is 42.6 Å². The first kappa shape index (κ1) is 11.1. The van der Waals surface area contributed by atoms with E-state index in [0.29, 0.717) is 24.6 Å². The van der Waals surface area contributed by atoms with Crippen molar-refractivity contribution in [2.24, 2.45) is 0 Å². The molecule has 2 aromatic rings. The van der Waals surface area contributed by atoms with E-state index in [2.05, 4.69) is 20.6 Å². The number of nitrogens with one attached hydrogen (secondary N) is 2. The van der Waals surface area contributed by atoms with E-state index in [1.807, 2.05) is 0 Å². The molecule has 0 aliphatic rings. The summed E-state index contributed by atoms with van der Waals surface area (Å²) in [6, 6.07) is 3.36. The Balaban J connectivity index is 1.69. The van der Waals surface area contributed by atoms with Gasteiger partial charge in [-0.1, -0.05) is 0 Å². The predicted molar refractivity (Wildman–Crippen MR) is 61.6 cm³/mol. The number of furan rings is 1. The monoisotopic (exact) mass is 232 g/mol. The molecule has 2 N–H and O–H groups in total. The number of aromatic nitrogens is 2. The van der Waals surface area contributed by atoms with Gasteiger partial charge in [-0.05, 0) is 12.1 Å². The van der Waals surface area contributed by atoms with Crippen LogP contribution in [0.4, 0.5) is 5.95 Å². The van der Waals surface area contributed by atoms with Crippen LogP contribution in [0.5, 0.6) is 0 Å². The maximum atomic E-state index is 11.5. The lowest BCUT2D eigenvalue weighted by atomic mass is 10.3. The molecule has 0 spiro atoms. The number of carbonyl (C=O) groups is 1. The Bertz CT molecular complexity index is 456. The molecule has 0 saturated heterocycles. The molecule has 0 bridgehead atoms. The highest BCUT2D eigenvalue weighted by atomic mass is 16.3. The topological polar surface area (TPSA) is 80.0 Å². The fourth-order valence-corrected chi connectivity index (χ4v) is 1.24. The first-order valence-corrected chi connectivity index (χ1v) is 5.17. The second-order valence-corrected chi connectivity index (χ2v) is 3.27. The average molecular weight is 232 g/mol. The molecule has 0 radical (unpaired) electrons. The second kappa shape index (κ2) is 5.64. The summed E-state index contributed by atoms with van der Waals surface area (Å²) in [6.45, 7) is 1.05. The highest BCUT2D eigenvalue weighted by Gasteiger charge is 2.04. The minimum atomic E-state index is -0.158. The summed E-state index contributed by atoms with van der Waals surface area (Å²) < 4.78 is 4.81. The first-order valence-electron chi connectivity index (χ1n) is 5.17. The summed E-state index contributed by atoms with van der Waals surface area (Å²) in [5.41, 5.74) is 0.515. The molecule has 2 heterocycles. The molecule has 1 amide bonds. The van der Waals surface area contributed by atoms with Gasteiger partial charge in [-0.25, -0.2) is 9.97 Å². The van der Waals surface area contributed by atoms with Crippen molar-refractivity contribution >= 4 is 11.9 Å². The van der Waals surface area contributed by atoms with E-state index in [1.54, 1.807) is 24.5 Å². The molecular weight excluding hydrogens is 220 g/mol. The molecule has 0 atom stereocenters. The van der Waals surface area contributed by atoms with Crippen LogP contribution in [0.1, 0.15) is 10.4 Å². The van der Waals surface area contributed by atoms with Crippen molar-refractivity contribution in [1.82, 2.24) is 15.3 Å². The van der Waals surface area contributed by atoms with E-state index in [1.165, 1.54) is 12.5 Å². The van der Waals surface area contributed by atoms with Crippen molar-refractivity contribution in [1.29, 1.82) is 0 Å². The van der Waals surface area contributed by atoms with E-state index in [4.69, 9.17) is 4.42 Å². The van der Waals surface area contributed by atoms with Crippen molar-refractivity contribution in [2.45, 2.75) is 0 Å². The van der Waals surface area contributed by atoms with Gasteiger partial charge in [0.25, 0.3) is 5.91 Å². The summed E-state index contributed by atoms with van der Waals surface area (Å²) in [7, 11) is 0. The molecule has 2 aromatic heterocycles. The summed E-state index contributed by atoms with van der Waals surface area (Å²) in [5.74, 6) is 0.389. The van der Waals surface area contributed by atoms with Gasteiger partial charge < -0.3 is 15.1 Å².